The van der Waals surface area contributed by atoms with Crippen molar-refractivity contribution in [2.24, 2.45) is 0 Å². The Hall–Kier alpha value is -1.42. The first-order valence-corrected chi connectivity index (χ1v) is 5.00. The van der Waals surface area contributed by atoms with Gasteiger partial charge in [-0.25, -0.2) is 4.39 Å². The van der Waals surface area contributed by atoms with Crippen LogP contribution >= 0.6 is 15.9 Å². The first-order valence-electron chi connectivity index (χ1n) is 4.20. The minimum atomic E-state index is -0.477. The van der Waals surface area contributed by atoms with Crippen LogP contribution in [0.15, 0.2) is 39.4 Å². The third-order valence-corrected chi connectivity index (χ3v) is 2.62. The van der Waals surface area contributed by atoms with Crippen molar-refractivity contribution in [1.29, 1.82) is 0 Å². The summed E-state index contributed by atoms with van der Waals surface area (Å²) in [7, 11) is 0. The van der Waals surface area contributed by atoms with E-state index in [1.807, 2.05) is 0 Å². The maximum absolute atomic E-state index is 13.5. The van der Waals surface area contributed by atoms with Crippen molar-refractivity contribution in [2.45, 2.75) is 0 Å². The summed E-state index contributed by atoms with van der Waals surface area (Å²) in [4.78, 5) is 10.4. The molecule has 0 unspecified atom stereocenters. The second kappa shape index (κ2) is 3.98. The Labute approximate surface area is 93.8 Å². The van der Waals surface area contributed by atoms with Crippen LogP contribution in [-0.4, -0.2) is 6.29 Å². The molecule has 0 bridgehead atoms. The maximum Gasteiger partial charge on any atom is 0.150 e. The number of halogens is 2. The van der Waals surface area contributed by atoms with Crippen LogP contribution in [0.5, 0.6) is 0 Å². The van der Waals surface area contributed by atoms with Crippen LogP contribution in [-0.2, 0) is 0 Å². The number of furan rings is 1. The lowest BCUT2D eigenvalue weighted by Gasteiger charge is -2.00. The van der Waals surface area contributed by atoms with Crippen LogP contribution in [0.1, 0.15) is 10.4 Å². The van der Waals surface area contributed by atoms with Gasteiger partial charge in [-0.2, -0.15) is 0 Å². The monoisotopic (exact) mass is 268 g/mol. The largest absolute Gasteiger partial charge is 0.463 e. The van der Waals surface area contributed by atoms with Crippen molar-refractivity contribution >= 4 is 22.2 Å². The van der Waals surface area contributed by atoms with Crippen molar-refractivity contribution in [3.8, 4) is 11.3 Å². The van der Waals surface area contributed by atoms with Gasteiger partial charge in [-0.15, -0.1) is 0 Å². The Morgan fingerprint density at radius 3 is 2.67 bits per heavy atom. The summed E-state index contributed by atoms with van der Waals surface area (Å²) in [6, 6.07) is 5.92. The summed E-state index contributed by atoms with van der Waals surface area (Å²) in [6.07, 6.45) is 2.07. The standard InChI is InChI=1S/C11H6BrFO2/c12-9-3-4-15-11(9)8-2-1-7(6-14)5-10(8)13/h1-6H. The lowest BCUT2D eigenvalue weighted by molar-refractivity contribution is 0.112. The normalized spacial score (nSPS) is 10.3. The zero-order valence-electron chi connectivity index (χ0n) is 7.54. The average molecular weight is 269 g/mol. The Kier molecular flexibility index (Phi) is 2.68. The fourth-order valence-corrected chi connectivity index (χ4v) is 1.69. The van der Waals surface area contributed by atoms with E-state index in [2.05, 4.69) is 15.9 Å². The van der Waals surface area contributed by atoms with E-state index in [1.54, 1.807) is 12.1 Å². The van der Waals surface area contributed by atoms with Crippen LogP contribution in [0.25, 0.3) is 11.3 Å². The highest BCUT2D eigenvalue weighted by molar-refractivity contribution is 9.10. The molecule has 0 spiro atoms. The maximum atomic E-state index is 13.5. The molecule has 1 heterocycles. The highest BCUT2D eigenvalue weighted by Crippen LogP contribution is 2.31. The second-order valence-electron chi connectivity index (χ2n) is 2.95. The van der Waals surface area contributed by atoms with Crippen molar-refractivity contribution in [3.63, 3.8) is 0 Å². The summed E-state index contributed by atoms with van der Waals surface area (Å²) in [5, 5.41) is 0. The van der Waals surface area contributed by atoms with Crippen molar-refractivity contribution in [1.82, 2.24) is 0 Å². The summed E-state index contributed by atoms with van der Waals surface area (Å²) in [6.45, 7) is 0. The van der Waals surface area contributed by atoms with Gasteiger partial charge in [0.05, 0.1) is 16.3 Å². The molecule has 0 saturated carbocycles. The summed E-state index contributed by atoms with van der Waals surface area (Å²) >= 11 is 3.24. The fraction of sp³-hybridized carbons (Fsp3) is 0. The topological polar surface area (TPSA) is 30.2 Å². The number of hydrogen-bond acceptors (Lipinski definition) is 2. The van der Waals surface area contributed by atoms with Crippen LogP contribution in [0.4, 0.5) is 4.39 Å². The number of benzene rings is 1. The number of hydrogen-bond donors (Lipinski definition) is 0. The molecule has 2 nitrogen and oxygen atoms in total. The van der Waals surface area contributed by atoms with E-state index in [-0.39, 0.29) is 0 Å². The minimum absolute atomic E-state index is 0.305. The van der Waals surface area contributed by atoms with Gasteiger partial charge in [-0.3, -0.25) is 4.79 Å². The van der Waals surface area contributed by atoms with Crippen molar-refractivity contribution in [2.75, 3.05) is 0 Å². The number of carbonyl (C=O) groups excluding carboxylic acids is 1. The minimum Gasteiger partial charge on any atom is -0.463 e. The average Bonchev–Trinajstić information content (AvgIpc) is 2.64. The molecule has 0 N–H and O–H groups in total. The van der Waals surface area contributed by atoms with Gasteiger partial charge in [0, 0.05) is 5.56 Å². The molecule has 4 heteroatoms. The Balaban J connectivity index is 2.55. The number of rotatable bonds is 2. The van der Waals surface area contributed by atoms with Crippen LogP contribution in [0.3, 0.4) is 0 Å². The van der Waals surface area contributed by atoms with Gasteiger partial charge in [0.25, 0.3) is 0 Å². The third kappa shape index (κ3) is 1.85. The van der Waals surface area contributed by atoms with Crippen LogP contribution < -0.4 is 0 Å². The van der Waals surface area contributed by atoms with Gasteiger partial charge in [-0.05, 0) is 34.1 Å². The first-order chi connectivity index (χ1) is 7.22. The van der Waals surface area contributed by atoms with E-state index in [4.69, 9.17) is 4.42 Å². The quantitative estimate of drug-likeness (QED) is 0.779. The highest BCUT2D eigenvalue weighted by atomic mass is 79.9. The van der Waals surface area contributed by atoms with E-state index in [9.17, 15) is 9.18 Å². The lowest BCUT2D eigenvalue weighted by Crippen LogP contribution is -1.87. The molecule has 2 aromatic rings. The van der Waals surface area contributed by atoms with E-state index in [1.165, 1.54) is 18.4 Å². The van der Waals surface area contributed by atoms with Gasteiger partial charge >= 0.3 is 0 Å². The predicted octanol–water partition coefficient (Wildman–Crippen LogP) is 3.66. The van der Waals surface area contributed by atoms with Crippen LogP contribution in [0.2, 0.25) is 0 Å². The van der Waals surface area contributed by atoms with Gasteiger partial charge < -0.3 is 4.42 Å². The van der Waals surface area contributed by atoms with Crippen molar-refractivity contribution in [3.05, 3.63) is 46.4 Å². The highest BCUT2D eigenvalue weighted by Gasteiger charge is 2.11. The van der Waals surface area contributed by atoms with E-state index in [0.717, 1.165) is 0 Å². The fourth-order valence-electron chi connectivity index (χ4n) is 1.27. The lowest BCUT2D eigenvalue weighted by atomic mass is 10.1. The molecular formula is C11H6BrFO2. The number of carbonyl (C=O) groups is 1. The van der Waals surface area contributed by atoms with Crippen LogP contribution in [0, 0.1) is 5.82 Å². The molecule has 0 aliphatic carbocycles. The molecule has 0 fully saturated rings. The molecule has 0 radical (unpaired) electrons. The summed E-state index contributed by atoms with van der Waals surface area (Å²) < 4.78 is 19.4. The second-order valence-corrected chi connectivity index (χ2v) is 3.81. The molecule has 1 aromatic heterocycles. The zero-order valence-corrected chi connectivity index (χ0v) is 9.12. The first kappa shape index (κ1) is 10.1. The SMILES string of the molecule is O=Cc1ccc(-c2occc2Br)c(F)c1. The molecule has 0 saturated heterocycles. The van der Waals surface area contributed by atoms with E-state index in [0.29, 0.717) is 27.6 Å². The smallest absolute Gasteiger partial charge is 0.150 e. The van der Waals surface area contributed by atoms with Gasteiger partial charge in [0.2, 0.25) is 0 Å². The zero-order chi connectivity index (χ0) is 10.8. The Morgan fingerprint density at radius 2 is 2.13 bits per heavy atom. The van der Waals surface area contributed by atoms with Gasteiger partial charge in [0.15, 0.2) is 5.76 Å². The third-order valence-electron chi connectivity index (χ3n) is 1.99. The molecular weight excluding hydrogens is 263 g/mol. The molecule has 0 aliphatic rings. The molecule has 76 valence electrons. The predicted molar refractivity (Wildman–Crippen MR) is 57.2 cm³/mol. The van der Waals surface area contributed by atoms with E-state index >= 15 is 0 Å². The van der Waals surface area contributed by atoms with Crippen molar-refractivity contribution < 1.29 is 13.6 Å². The molecule has 1 aromatic carbocycles. The molecule has 0 amide bonds. The molecule has 2 rings (SSSR count). The van der Waals surface area contributed by atoms with Gasteiger partial charge in [0.1, 0.15) is 12.1 Å². The summed E-state index contributed by atoms with van der Waals surface area (Å²) in [5.41, 5.74) is 0.636. The molecule has 15 heavy (non-hydrogen) atoms. The Morgan fingerprint density at radius 1 is 1.33 bits per heavy atom. The van der Waals surface area contributed by atoms with Gasteiger partial charge in [-0.1, -0.05) is 6.07 Å². The Bertz CT molecular complexity index is 505. The van der Waals surface area contributed by atoms with E-state index < -0.39 is 5.82 Å². The number of aldehydes is 1. The molecule has 0 aliphatic heterocycles. The summed E-state index contributed by atoms with van der Waals surface area (Å²) in [5.74, 6) is -0.0554. The molecule has 0 atom stereocenters.